The highest BCUT2D eigenvalue weighted by atomic mass is 35.5. The van der Waals surface area contributed by atoms with E-state index in [2.05, 4.69) is 20.8 Å². The maximum atomic E-state index is 5.91. The van der Waals surface area contributed by atoms with Crippen molar-refractivity contribution < 1.29 is 0 Å². The number of rotatable bonds is 1. The van der Waals surface area contributed by atoms with Gasteiger partial charge in [0.1, 0.15) is 0 Å². The van der Waals surface area contributed by atoms with Crippen molar-refractivity contribution in [3.63, 3.8) is 0 Å². The van der Waals surface area contributed by atoms with Crippen LogP contribution in [0.2, 0.25) is 0 Å². The van der Waals surface area contributed by atoms with E-state index in [0.717, 1.165) is 5.69 Å². The molecule has 74 valence electrons. The molecule has 0 aliphatic rings. The van der Waals surface area contributed by atoms with E-state index in [-0.39, 0.29) is 17.9 Å². The standard InChI is InChI=1S/C10H16N2.ClH/c1-10(2,3)12(11)9-7-5-4-6-8-9;/h4-8H,11H2,1-3H3;1H. The van der Waals surface area contributed by atoms with Crippen LogP contribution >= 0.6 is 12.4 Å². The van der Waals surface area contributed by atoms with Crippen LogP contribution in [0.15, 0.2) is 30.3 Å². The number of hydrogen-bond donors (Lipinski definition) is 1. The molecule has 13 heavy (non-hydrogen) atoms. The van der Waals surface area contributed by atoms with Crippen LogP contribution in [0, 0.1) is 0 Å². The highest BCUT2D eigenvalue weighted by Crippen LogP contribution is 2.18. The van der Waals surface area contributed by atoms with E-state index in [9.17, 15) is 0 Å². The van der Waals surface area contributed by atoms with Gasteiger partial charge in [-0.2, -0.15) is 0 Å². The van der Waals surface area contributed by atoms with Gasteiger partial charge >= 0.3 is 0 Å². The van der Waals surface area contributed by atoms with Gasteiger partial charge in [0.15, 0.2) is 0 Å². The smallest absolute Gasteiger partial charge is 0.0523 e. The van der Waals surface area contributed by atoms with Gasteiger partial charge in [0.25, 0.3) is 0 Å². The van der Waals surface area contributed by atoms with Crippen LogP contribution in [0.25, 0.3) is 0 Å². The summed E-state index contributed by atoms with van der Waals surface area (Å²) in [5.41, 5.74) is 1.02. The molecule has 0 amide bonds. The average Bonchev–Trinajstić information content (AvgIpc) is 2.03. The topological polar surface area (TPSA) is 29.3 Å². The second kappa shape index (κ2) is 4.49. The summed E-state index contributed by atoms with van der Waals surface area (Å²) in [5, 5.41) is 1.77. The van der Waals surface area contributed by atoms with Gasteiger partial charge in [-0.15, -0.1) is 12.4 Å². The van der Waals surface area contributed by atoms with Gasteiger partial charge in [-0.05, 0) is 32.9 Å². The monoisotopic (exact) mass is 200 g/mol. The summed E-state index contributed by atoms with van der Waals surface area (Å²) in [7, 11) is 0. The Morgan fingerprint density at radius 2 is 1.54 bits per heavy atom. The van der Waals surface area contributed by atoms with Crippen LogP contribution in [-0.4, -0.2) is 5.54 Å². The Morgan fingerprint density at radius 1 is 1.08 bits per heavy atom. The van der Waals surface area contributed by atoms with E-state index < -0.39 is 0 Å². The van der Waals surface area contributed by atoms with Crippen molar-refractivity contribution in [2.45, 2.75) is 26.3 Å². The Hall–Kier alpha value is -0.730. The summed E-state index contributed by atoms with van der Waals surface area (Å²) >= 11 is 0. The molecule has 0 atom stereocenters. The zero-order valence-corrected chi connectivity index (χ0v) is 9.14. The van der Waals surface area contributed by atoms with Crippen molar-refractivity contribution >= 4 is 18.1 Å². The number of para-hydroxylation sites is 1. The molecule has 1 aromatic carbocycles. The molecule has 0 aliphatic carbocycles. The van der Waals surface area contributed by atoms with Crippen molar-refractivity contribution in [1.82, 2.24) is 0 Å². The largest absolute Gasteiger partial charge is 0.306 e. The molecule has 0 aliphatic heterocycles. The number of nitrogens with two attached hydrogens (primary N) is 1. The fourth-order valence-corrected chi connectivity index (χ4v) is 0.976. The SMILES string of the molecule is CC(C)(C)N(N)c1ccccc1.Cl. The second-order valence-corrected chi connectivity index (χ2v) is 3.88. The van der Waals surface area contributed by atoms with Crippen LogP contribution in [0.3, 0.4) is 0 Å². The van der Waals surface area contributed by atoms with Gasteiger partial charge in [-0.3, -0.25) is 0 Å². The van der Waals surface area contributed by atoms with E-state index in [4.69, 9.17) is 5.84 Å². The summed E-state index contributed by atoms with van der Waals surface area (Å²) in [6.45, 7) is 6.25. The summed E-state index contributed by atoms with van der Waals surface area (Å²) in [6, 6.07) is 9.97. The predicted molar refractivity (Wildman–Crippen MR) is 60.1 cm³/mol. The van der Waals surface area contributed by atoms with E-state index in [1.54, 1.807) is 5.01 Å². The Balaban J connectivity index is 0.00000144. The van der Waals surface area contributed by atoms with Gasteiger partial charge in [0, 0.05) is 5.54 Å². The Bertz CT molecular complexity index is 241. The molecule has 0 fully saturated rings. The Labute approximate surface area is 86.1 Å². The van der Waals surface area contributed by atoms with E-state index in [1.165, 1.54) is 0 Å². The molecule has 0 aromatic heterocycles. The molecular formula is C10H17ClN2. The third-order valence-corrected chi connectivity index (χ3v) is 1.76. The van der Waals surface area contributed by atoms with Gasteiger partial charge in [-0.25, -0.2) is 5.84 Å². The molecule has 0 spiro atoms. The lowest BCUT2D eigenvalue weighted by Gasteiger charge is -2.32. The zero-order valence-electron chi connectivity index (χ0n) is 8.32. The van der Waals surface area contributed by atoms with Crippen molar-refractivity contribution in [3.05, 3.63) is 30.3 Å². The van der Waals surface area contributed by atoms with E-state index in [1.807, 2.05) is 30.3 Å². The summed E-state index contributed by atoms with van der Waals surface area (Å²) in [4.78, 5) is 0. The van der Waals surface area contributed by atoms with Gasteiger partial charge in [0.05, 0.1) is 5.69 Å². The van der Waals surface area contributed by atoms with Crippen LogP contribution in [0.4, 0.5) is 5.69 Å². The molecule has 2 nitrogen and oxygen atoms in total. The molecule has 0 saturated heterocycles. The first kappa shape index (κ1) is 12.3. The van der Waals surface area contributed by atoms with Crippen molar-refractivity contribution in [1.29, 1.82) is 0 Å². The minimum atomic E-state index is -0.0264. The first-order chi connectivity index (χ1) is 5.52. The maximum absolute atomic E-state index is 5.91. The molecular weight excluding hydrogens is 184 g/mol. The highest BCUT2D eigenvalue weighted by molar-refractivity contribution is 5.85. The third-order valence-electron chi connectivity index (χ3n) is 1.76. The predicted octanol–water partition coefficient (Wildman–Crippen LogP) is 2.59. The molecule has 0 saturated carbocycles. The first-order valence-electron chi connectivity index (χ1n) is 4.12. The lowest BCUT2D eigenvalue weighted by Crippen LogP contribution is -2.46. The number of anilines is 1. The molecule has 0 radical (unpaired) electrons. The van der Waals surface area contributed by atoms with E-state index in [0.29, 0.717) is 0 Å². The number of hydrazine groups is 1. The number of hydrogen-bond acceptors (Lipinski definition) is 2. The maximum Gasteiger partial charge on any atom is 0.0523 e. The van der Waals surface area contributed by atoms with Crippen molar-refractivity contribution in [2.24, 2.45) is 5.84 Å². The molecule has 2 N–H and O–H groups in total. The number of nitrogens with zero attached hydrogens (tertiary/aromatic N) is 1. The lowest BCUT2D eigenvalue weighted by atomic mass is 10.1. The van der Waals surface area contributed by atoms with Crippen LogP contribution < -0.4 is 10.9 Å². The van der Waals surface area contributed by atoms with Crippen LogP contribution in [0.1, 0.15) is 20.8 Å². The Kier molecular flexibility index (Phi) is 4.24. The zero-order chi connectivity index (χ0) is 9.19. The number of halogens is 1. The van der Waals surface area contributed by atoms with Gasteiger partial charge in [0.2, 0.25) is 0 Å². The van der Waals surface area contributed by atoms with Crippen molar-refractivity contribution in [3.8, 4) is 0 Å². The normalized spacial score (nSPS) is 10.5. The summed E-state index contributed by atoms with van der Waals surface area (Å²) in [6.07, 6.45) is 0. The van der Waals surface area contributed by atoms with Crippen LogP contribution in [0.5, 0.6) is 0 Å². The van der Waals surface area contributed by atoms with E-state index >= 15 is 0 Å². The molecule has 0 unspecified atom stereocenters. The third kappa shape index (κ3) is 3.25. The second-order valence-electron chi connectivity index (χ2n) is 3.88. The molecule has 1 rings (SSSR count). The molecule has 3 heteroatoms. The molecule has 0 heterocycles. The molecule has 1 aromatic rings. The quantitative estimate of drug-likeness (QED) is 0.558. The Morgan fingerprint density at radius 3 is 1.92 bits per heavy atom. The minimum absolute atomic E-state index is 0. The van der Waals surface area contributed by atoms with Gasteiger partial charge in [-0.1, -0.05) is 18.2 Å². The summed E-state index contributed by atoms with van der Waals surface area (Å²) < 4.78 is 0. The average molecular weight is 201 g/mol. The number of benzene rings is 1. The fourth-order valence-electron chi connectivity index (χ4n) is 0.976. The minimum Gasteiger partial charge on any atom is -0.306 e. The highest BCUT2D eigenvalue weighted by Gasteiger charge is 2.17. The lowest BCUT2D eigenvalue weighted by molar-refractivity contribution is 0.514. The van der Waals surface area contributed by atoms with Gasteiger partial charge < -0.3 is 5.01 Å². The summed E-state index contributed by atoms with van der Waals surface area (Å²) in [5.74, 6) is 5.91. The van der Waals surface area contributed by atoms with Crippen LogP contribution in [-0.2, 0) is 0 Å². The van der Waals surface area contributed by atoms with Crippen molar-refractivity contribution in [2.75, 3.05) is 5.01 Å². The fraction of sp³-hybridized carbons (Fsp3) is 0.400. The molecule has 0 bridgehead atoms. The first-order valence-corrected chi connectivity index (χ1v) is 4.12.